The van der Waals surface area contributed by atoms with Gasteiger partial charge in [0.1, 0.15) is 0 Å². The van der Waals surface area contributed by atoms with Crippen molar-refractivity contribution in [2.24, 2.45) is 0 Å². The fraction of sp³-hybridized carbons (Fsp3) is 0.741. The molecular weight excluding hydrogens is 370 g/mol. The molecule has 1 aromatic rings. The van der Waals surface area contributed by atoms with E-state index in [1.54, 1.807) is 0 Å². The van der Waals surface area contributed by atoms with E-state index in [1.165, 1.54) is 89.9 Å². The average molecular weight is 418 g/mol. The number of benzene rings is 1. The SMILES string of the molecule is CCCCCCCCCCCCCCCCCCOC(=O)c1ccc(N(C)C)cc1. The second-order valence-electron chi connectivity index (χ2n) is 8.88. The Labute approximate surface area is 186 Å². The lowest BCUT2D eigenvalue weighted by atomic mass is 10.0. The summed E-state index contributed by atoms with van der Waals surface area (Å²) in [6, 6.07) is 7.58. The highest BCUT2D eigenvalue weighted by Gasteiger charge is 2.07. The van der Waals surface area contributed by atoms with Gasteiger partial charge in [0.2, 0.25) is 0 Å². The lowest BCUT2D eigenvalue weighted by Gasteiger charge is -2.12. The van der Waals surface area contributed by atoms with Gasteiger partial charge in [-0.15, -0.1) is 0 Å². The van der Waals surface area contributed by atoms with Gasteiger partial charge < -0.3 is 9.64 Å². The quantitative estimate of drug-likeness (QED) is 0.168. The van der Waals surface area contributed by atoms with E-state index in [2.05, 4.69) is 6.92 Å². The van der Waals surface area contributed by atoms with Crippen LogP contribution in [0, 0.1) is 0 Å². The summed E-state index contributed by atoms with van der Waals surface area (Å²) in [5.74, 6) is -0.207. The second kappa shape index (κ2) is 18.3. The van der Waals surface area contributed by atoms with Gasteiger partial charge >= 0.3 is 5.97 Å². The van der Waals surface area contributed by atoms with E-state index in [0.717, 1.165) is 18.5 Å². The average Bonchev–Trinajstić information content (AvgIpc) is 2.75. The van der Waals surface area contributed by atoms with Gasteiger partial charge in [-0.3, -0.25) is 0 Å². The predicted octanol–water partition coefficient (Wildman–Crippen LogP) is 8.17. The minimum absolute atomic E-state index is 0.207. The Hall–Kier alpha value is -1.51. The van der Waals surface area contributed by atoms with Crippen LogP contribution in [0.2, 0.25) is 0 Å². The Morgan fingerprint density at radius 1 is 0.667 bits per heavy atom. The van der Waals surface area contributed by atoms with Gasteiger partial charge in [0.25, 0.3) is 0 Å². The van der Waals surface area contributed by atoms with Crippen LogP contribution >= 0.6 is 0 Å². The molecule has 30 heavy (non-hydrogen) atoms. The lowest BCUT2D eigenvalue weighted by Crippen LogP contribution is -2.10. The Balaban J connectivity index is 1.85. The Morgan fingerprint density at radius 2 is 1.07 bits per heavy atom. The number of hydrogen-bond acceptors (Lipinski definition) is 3. The first kappa shape index (κ1) is 26.5. The fourth-order valence-electron chi connectivity index (χ4n) is 3.79. The van der Waals surface area contributed by atoms with Gasteiger partial charge in [-0.05, 0) is 30.7 Å². The normalized spacial score (nSPS) is 10.9. The van der Waals surface area contributed by atoms with Crippen LogP contribution in [-0.4, -0.2) is 26.7 Å². The van der Waals surface area contributed by atoms with E-state index in [4.69, 9.17) is 4.74 Å². The zero-order valence-corrected chi connectivity index (χ0v) is 20.1. The van der Waals surface area contributed by atoms with Crippen molar-refractivity contribution in [2.75, 3.05) is 25.6 Å². The van der Waals surface area contributed by atoms with Crippen molar-refractivity contribution in [3.8, 4) is 0 Å². The minimum Gasteiger partial charge on any atom is -0.462 e. The first-order chi connectivity index (χ1) is 14.6. The Kier molecular flexibility index (Phi) is 16.2. The molecule has 0 atom stereocenters. The molecule has 0 unspecified atom stereocenters. The van der Waals surface area contributed by atoms with Gasteiger partial charge in [-0.2, -0.15) is 0 Å². The van der Waals surface area contributed by atoms with Crippen LogP contribution in [0.5, 0.6) is 0 Å². The van der Waals surface area contributed by atoms with Gasteiger partial charge in [-0.25, -0.2) is 4.79 Å². The maximum atomic E-state index is 12.1. The van der Waals surface area contributed by atoms with E-state index in [1.807, 2.05) is 43.3 Å². The molecule has 0 aliphatic rings. The number of ether oxygens (including phenoxy) is 1. The van der Waals surface area contributed by atoms with E-state index in [-0.39, 0.29) is 5.97 Å². The number of nitrogens with zero attached hydrogens (tertiary/aromatic N) is 1. The molecule has 0 aliphatic carbocycles. The van der Waals surface area contributed by atoms with Crippen LogP contribution in [0.3, 0.4) is 0 Å². The molecule has 0 radical (unpaired) electrons. The van der Waals surface area contributed by atoms with Crippen molar-refractivity contribution in [1.82, 2.24) is 0 Å². The van der Waals surface area contributed by atoms with Crippen LogP contribution in [0.1, 0.15) is 120 Å². The molecular formula is C27H47NO2. The molecule has 1 rings (SSSR count). The summed E-state index contributed by atoms with van der Waals surface area (Å²) in [6.45, 7) is 2.82. The molecule has 0 amide bonds. The number of anilines is 1. The summed E-state index contributed by atoms with van der Waals surface area (Å²) in [5, 5.41) is 0. The summed E-state index contributed by atoms with van der Waals surface area (Å²) < 4.78 is 5.40. The van der Waals surface area contributed by atoms with Gasteiger partial charge in [0, 0.05) is 19.8 Å². The zero-order chi connectivity index (χ0) is 21.9. The van der Waals surface area contributed by atoms with Crippen LogP contribution in [0.25, 0.3) is 0 Å². The number of hydrogen-bond donors (Lipinski definition) is 0. The number of carbonyl (C=O) groups excluding carboxylic acids is 1. The molecule has 0 spiro atoms. The van der Waals surface area contributed by atoms with Gasteiger partial charge in [0.15, 0.2) is 0 Å². The highest BCUT2D eigenvalue weighted by molar-refractivity contribution is 5.89. The molecule has 0 bridgehead atoms. The monoisotopic (exact) mass is 417 g/mol. The topological polar surface area (TPSA) is 29.5 Å². The summed E-state index contributed by atoms with van der Waals surface area (Å²) in [5.41, 5.74) is 1.72. The molecule has 0 saturated heterocycles. The van der Waals surface area contributed by atoms with Crippen molar-refractivity contribution in [1.29, 1.82) is 0 Å². The van der Waals surface area contributed by atoms with E-state index in [9.17, 15) is 4.79 Å². The van der Waals surface area contributed by atoms with Crippen molar-refractivity contribution >= 4 is 11.7 Å². The molecule has 0 fully saturated rings. The Morgan fingerprint density at radius 3 is 1.47 bits per heavy atom. The third kappa shape index (κ3) is 13.7. The molecule has 0 aromatic heterocycles. The molecule has 0 saturated carbocycles. The second-order valence-corrected chi connectivity index (χ2v) is 8.88. The van der Waals surface area contributed by atoms with Crippen molar-refractivity contribution in [3.05, 3.63) is 29.8 Å². The molecule has 0 heterocycles. The van der Waals surface area contributed by atoms with Crippen LogP contribution in [0.15, 0.2) is 24.3 Å². The molecule has 0 aliphatic heterocycles. The van der Waals surface area contributed by atoms with Crippen molar-refractivity contribution < 1.29 is 9.53 Å². The first-order valence-corrected chi connectivity index (χ1v) is 12.6. The summed E-state index contributed by atoms with van der Waals surface area (Å²) in [6.07, 6.45) is 21.6. The van der Waals surface area contributed by atoms with Crippen LogP contribution < -0.4 is 4.90 Å². The first-order valence-electron chi connectivity index (χ1n) is 12.6. The molecule has 172 valence electrons. The fourth-order valence-corrected chi connectivity index (χ4v) is 3.79. The third-order valence-corrected chi connectivity index (χ3v) is 5.85. The summed E-state index contributed by atoms with van der Waals surface area (Å²) in [4.78, 5) is 14.1. The molecule has 0 N–H and O–H groups in total. The van der Waals surface area contributed by atoms with E-state index >= 15 is 0 Å². The van der Waals surface area contributed by atoms with Crippen molar-refractivity contribution in [3.63, 3.8) is 0 Å². The maximum Gasteiger partial charge on any atom is 0.338 e. The number of carbonyl (C=O) groups is 1. The lowest BCUT2D eigenvalue weighted by molar-refractivity contribution is 0.0497. The highest BCUT2D eigenvalue weighted by atomic mass is 16.5. The predicted molar refractivity (Wildman–Crippen MR) is 131 cm³/mol. The molecule has 3 heteroatoms. The van der Waals surface area contributed by atoms with Crippen LogP contribution in [0.4, 0.5) is 5.69 Å². The van der Waals surface area contributed by atoms with E-state index < -0.39 is 0 Å². The summed E-state index contributed by atoms with van der Waals surface area (Å²) >= 11 is 0. The maximum absolute atomic E-state index is 12.1. The molecule has 3 nitrogen and oxygen atoms in total. The smallest absolute Gasteiger partial charge is 0.338 e. The minimum atomic E-state index is -0.207. The largest absolute Gasteiger partial charge is 0.462 e. The van der Waals surface area contributed by atoms with Crippen LogP contribution in [-0.2, 0) is 4.74 Å². The Bertz CT molecular complexity index is 524. The van der Waals surface area contributed by atoms with E-state index in [0.29, 0.717) is 12.2 Å². The number of unbranched alkanes of at least 4 members (excludes halogenated alkanes) is 15. The highest BCUT2D eigenvalue weighted by Crippen LogP contribution is 2.15. The molecule has 1 aromatic carbocycles. The number of rotatable bonds is 19. The third-order valence-electron chi connectivity index (χ3n) is 5.85. The summed E-state index contributed by atoms with van der Waals surface area (Å²) in [7, 11) is 3.98. The van der Waals surface area contributed by atoms with Gasteiger partial charge in [-0.1, -0.05) is 103 Å². The standard InChI is InChI=1S/C27H47NO2/c1-4-5-6-7-8-9-10-11-12-13-14-15-16-17-18-19-24-30-27(29)25-20-22-26(23-21-25)28(2)3/h20-23H,4-19,24H2,1-3H3. The van der Waals surface area contributed by atoms with Gasteiger partial charge in [0.05, 0.1) is 12.2 Å². The van der Waals surface area contributed by atoms with Crippen molar-refractivity contribution in [2.45, 2.75) is 110 Å². The zero-order valence-electron chi connectivity index (χ0n) is 20.1. The number of esters is 1.